The molecule has 1 rings (SSSR count). The molecule has 0 aliphatic heterocycles. The summed E-state index contributed by atoms with van der Waals surface area (Å²) in [6.07, 6.45) is 2.08. The third kappa shape index (κ3) is 4.81. The summed E-state index contributed by atoms with van der Waals surface area (Å²) < 4.78 is 11.4. The highest BCUT2D eigenvalue weighted by atomic mass is 79.9. The summed E-state index contributed by atoms with van der Waals surface area (Å²) in [6, 6.07) is 3.13. The van der Waals surface area contributed by atoms with Gasteiger partial charge in [0.25, 0.3) is 0 Å². The first kappa shape index (κ1) is 19.5. The predicted octanol–water partition coefficient (Wildman–Crippen LogP) is 3.44. The number of benzene rings is 1. The lowest BCUT2D eigenvalue weighted by Gasteiger charge is -2.22. The molecule has 0 unspecified atom stereocenters. The Morgan fingerprint density at radius 1 is 1.25 bits per heavy atom. The van der Waals surface area contributed by atoms with E-state index in [0.29, 0.717) is 17.9 Å². The highest BCUT2D eigenvalue weighted by molar-refractivity contribution is 9.10. The molecule has 0 amide bonds. The number of rotatable bonds is 7. The van der Waals surface area contributed by atoms with Crippen molar-refractivity contribution in [2.24, 2.45) is 5.73 Å². The lowest BCUT2D eigenvalue weighted by molar-refractivity contribution is 0.131. The van der Waals surface area contributed by atoms with E-state index in [1.54, 1.807) is 20.3 Å². The number of aliphatic hydroxyl groups excluding tert-OH is 1. The predicted molar refractivity (Wildman–Crippen MR) is 87.0 cm³/mol. The molecular formula is C14H23BrClNO3. The third-order valence-corrected chi connectivity index (χ3v) is 3.75. The molecule has 20 heavy (non-hydrogen) atoms. The largest absolute Gasteiger partial charge is 0.496 e. The maximum Gasteiger partial charge on any atom is 0.133 e. The van der Waals surface area contributed by atoms with Gasteiger partial charge in [0.05, 0.1) is 30.8 Å². The topological polar surface area (TPSA) is 64.7 Å². The number of methoxy groups -OCH3 is 2. The molecule has 1 aromatic rings. The summed E-state index contributed by atoms with van der Waals surface area (Å²) in [5.74, 6) is 1.32. The Balaban J connectivity index is 0.00000361. The average Bonchev–Trinajstić information content (AvgIpc) is 2.43. The van der Waals surface area contributed by atoms with Crippen LogP contribution in [0.15, 0.2) is 16.6 Å². The zero-order valence-electron chi connectivity index (χ0n) is 12.1. The van der Waals surface area contributed by atoms with E-state index >= 15 is 0 Å². The molecule has 0 saturated carbocycles. The van der Waals surface area contributed by atoms with Crippen LogP contribution in [-0.4, -0.2) is 25.4 Å². The molecule has 4 nitrogen and oxygen atoms in total. The fraction of sp³-hybridized carbons (Fsp3) is 0.571. The second kappa shape index (κ2) is 9.45. The maximum atomic E-state index is 10.1. The molecule has 0 aliphatic rings. The van der Waals surface area contributed by atoms with Gasteiger partial charge in [0.15, 0.2) is 0 Å². The molecule has 0 spiro atoms. The van der Waals surface area contributed by atoms with Crippen molar-refractivity contribution in [3.63, 3.8) is 0 Å². The van der Waals surface area contributed by atoms with Crippen molar-refractivity contribution >= 4 is 28.3 Å². The molecular weight excluding hydrogens is 346 g/mol. The Labute approximate surface area is 135 Å². The van der Waals surface area contributed by atoms with Gasteiger partial charge in [0.2, 0.25) is 0 Å². The highest BCUT2D eigenvalue weighted by Gasteiger charge is 2.21. The van der Waals surface area contributed by atoms with Gasteiger partial charge in [-0.3, -0.25) is 0 Å². The Bertz CT molecular complexity index is 418. The van der Waals surface area contributed by atoms with E-state index in [0.717, 1.165) is 22.9 Å². The van der Waals surface area contributed by atoms with Gasteiger partial charge in [-0.1, -0.05) is 19.8 Å². The van der Waals surface area contributed by atoms with Crippen molar-refractivity contribution in [1.29, 1.82) is 0 Å². The van der Waals surface area contributed by atoms with Gasteiger partial charge in [-0.25, -0.2) is 0 Å². The molecule has 116 valence electrons. The standard InChI is InChI=1S/C14H22BrNO3.ClH/c1-4-5-6-11(17)14(16)9-7-13(19-3)10(15)8-12(9)18-2;/h7-8,11,14,17H,4-6,16H2,1-3H3;1H/t11-,14+;/m0./s1. The van der Waals surface area contributed by atoms with E-state index < -0.39 is 12.1 Å². The molecule has 6 heteroatoms. The first-order valence-corrected chi connectivity index (χ1v) is 7.19. The number of halogens is 2. The smallest absolute Gasteiger partial charge is 0.133 e. The van der Waals surface area contributed by atoms with Crippen LogP contribution >= 0.6 is 28.3 Å². The Hall–Kier alpha value is -0.490. The summed E-state index contributed by atoms with van der Waals surface area (Å²) in [6.45, 7) is 2.08. The molecule has 0 aromatic heterocycles. The first-order chi connectivity index (χ1) is 9.04. The van der Waals surface area contributed by atoms with Crippen LogP contribution in [0.1, 0.15) is 37.8 Å². The van der Waals surface area contributed by atoms with Gasteiger partial charge >= 0.3 is 0 Å². The van der Waals surface area contributed by atoms with Crippen LogP contribution in [0.4, 0.5) is 0 Å². The van der Waals surface area contributed by atoms with Crippen LogP contribution < -0.4 is 15.2 Å². The molecule has 3 N–H and O–H groups in total. The Kier molecular flexibility index (Phi) is 9.22. The average molecular weight is 369 g/mol. The molecule has 2 atom stereocenters. The second-order valence-electron chi connectivity index (χ2n) is 4.46. The van der Waals surface area contributed by atoms with E-state index in [2.05, 4.69) is 22.9 Å². The summed E-state index contributed by atoms with van der Waals surface area (Å²) in [7, 11) is 3.18. The van der Waals surface area contributed by atoms with Gasteiger partial charge in [-0.05, 0) is 34.5 Å². The molecule has 0 bridgehead atoms. The number of nitrogens with two attached hydrogens (primary N) is 1. The fourth-order valence-electron chi connectivity index (χ4n) is 1.94. The van der Waals surface area contributed by atoms with Gasteiger partial charge in [-0.2, -0.15) is 0 Å². The molecule has 1 aromatic carbocycles. The van der Waals surface area contributed by atoms with Crippen LogP contribution in [-0.2, 0) is 0 Å². The number of ether oxygens (including phenoxy) is 2. The summed E-state index contributed by atoms with van der Waals surface area (Å²) in [5.41, 5.74) is 6.88. The molecule has 0 heterocycles. The van der Waals surface area contributed by atoms with Crippen molar-refractivity contribution < 1.29 is 14.6 Å². The summed E-state index contributed by atoms with van der Waals surface area (Å²) >= 11 is 3.40. The number of unbranched alkanes of at least 4 members (excludes halogenated alkanes) is 1. The first-order valence-electron chi connectivity index (χ1n) is 6.40. The Morgan fingerprint density at radius 3 is 2.35 bits per heavy atom. The molecule has 0 saturated heterocycles. The lowest BCUT2D eigenvalue weighted by atomic mass is 9.97. The van der Waals surface area contributed by atoms with Gasteiger partial charge in [0, 0.05) is 5.56 Å². The van der Waals surface area contributed by atoms with Crippen LogP contribution in [0.3, 0.4) is 0 Å². The zero-order chi connectivity index (χ0) is 14.4. The van der Waals surface area contributed by atoms with Crippen LogP contribution in [0.5, 0.6) is 11.5 Å². The normalized spacial score (nSPS) is 13.3. The van der Waals surface area contributed by atoms with E-state index in [4.69, 9.17) is 15.2 Å². The van der Waals surface area contributed by atoms with Crippen LogP contribution in [0.2, 0.25) is 0 Å². The SMILES string of the molecule is CCCC[C@H](O)[C@H](N)c1cc(OC)c(Br)cc1OC.Cl. The molecule has 0 fully saturated rings. The van der Waals surface area contributed by atoms with Gasteiger partial charge in [-0.15, -0.1) is 12.4 Å². The molecule has 0 aliphatic carbocycles. The lowest BCUT2D eigenvalue weighted by Crippen LogP contribution is -2.26. The quantitative estimate of drug-likeness (QED) is 0.774. The van der Waals surface area contributed by atoms with E-state index in [1.807, 2.05) is 6.07 Å². The van der Waals surface area contributed by atoms with E-state index in [9.17, 15) is 5.11 Å². The van der Waals surface area contributed by atoms with Crippen LogP contribution in [0, 0.1) is 0 Å². The van der Waals surface area contributed by atoms with Crippen molar-refractivity contribution in [3.8, 4) is 11.5 Å². The van der Waals surface area contributed by atoms with E-state index in [1.165, 1.54) is 0 Å². The van der Waals surface area contributed by atoms with Crippen LogP contribution in [0.25, 0.3) is 0 Å². The second-order valence-corrected chi connectivity index (χ2v) is 5.32. The number of aliphatic hydroxyl groups is 1. The minimum absolute atomic E-state index is 0. The Morgan fingerprint density at radius 2 is 1.85 bits per heavy atom. The maximum absolute atomic E-state index is 10.1. The van der Waals surface area contributed by atoms with Crippen molar-refractivity contribution in [1.82, 2.24) is 0 Å². The number of hydrogen-bond donors (Lipinski definition) is 2. The number of hydrogen-bond acceptors (Lipinski definition) is 4. The minimum Gasteiger partial charge on any atom is -0.496 e. The van der Waals surface area contributed by atoms with Crippen molar-refractivity contribution in [3.05, 3.63) is 22.2 Å². The minimum atomic E-state index is -0.584. The van der Waals surface area contributed by atoms with Crippen molar-refractivity contribution in [2.45, 2.75) is 38.3 Å². The zero-order valence-corrected chi connectivity index (χ0v) is 14.5. The highest BCUT2D eigenvalue weighted by Crippen LogP contribution is 2.36. The molecule has 0 radical (unpaired) electrons. The van der Waals surface area contributed by atoms with Gasteiger partial charge < -0.3 is 20.3 Å². The summed E-state index contributed by atoms with van der Waals surface area (Å²) in [4.78, 5) is 0. The van der Waals surface area contributed by atoms with Gasteiger partial charge in [0.1, 0.15) is 11.5 Å². The summed E-state index contributed by atoms with van der Waals surface area (Å²) in [5, 5.41) is 10.1. The van der Waals surface area contributed by atoms with Crippen molar-refractivity contribution in [2.75, 3.05) is 14.2 Å². The van der Waals surface area contributed by atoms with E-state index in [-0.39, 0.29) is 12.4 Å². The fourth-order valence-corrected chi connectivity index (χ4v) is 2.43. The monoisotopic (exact) mass is 367 g/mol. The third-order valence-electron chi connectivity index (χ3n) is 3.13.